The van der Waals surface area contributed by atoms with E-state index in [0.29, 0.717) is 5.56 Å². The van der Waals surface area contributed by atoms with E-state index in [4.69, 9.17) is 5.73 Å². The van der Waals surface area contributed by atoms with Crippen molar-refractivity contribution in [2.24, 2.45) is 17.6 Å². The molecule has 1 aromatic rings. The summed E-state index contributed by atoms with van der Waals surface area (Å²) in [7, 11) is 0. The highest BCUT2D eigenvalue weighted by molar-refractivity contribution is 5.82. The Morgan fingerprint density at radius 2 is 1.83 bits per heavy atom. The zero-order valence-corrected chi connectivity index (χ0v) is 12.6. The lowest BCUT2D eigenvalue weighted by Crippen LogP contribution is -2.37. The SMILES string of the molecule is NC(=O)[C@@H]1CN(C(=O)C/C=C/c2ccc(F)cc2)C[C@H]1C(F)(F)F. The van der Waals surface area contributed by atoms with E-state index in [-0.39, 0.29) is 13.0 Å². The first-order chi connectivity index (χ1) is 11.2. The zero-order valence-electron chi connectivity index (χ0n) is 12.6. The summed E-state index contributed by atoms with van der Waals surface area (Å²) in [5, 5.41) is 0. The molecule has 24 heavy (non-hydrogen) atoms. The Balaban J connectivity index is 1.97. The van der Waals surface area contributed by atoms with Crippen molar-refractivity contribution in [2.45, 2.75) is 12.6 Å². The summed E-state index contributed by atoms with van der Waals surface area (Å²) in [6, 6.07) is 5.53. The molecule has 1 aliphatic heterocycles. The summed E-state index contributed by atoms with van der Waals surface area (Å²) >= 11 is 0. The van der Waals surface area contributed by atoms with Gasteiger partial charge >= 0.3 is 6.18 Å². The molecule has 0 aliphatic carbocycles. The lowest BCUT2D eigenvalue weighted by atomic mass is 9.95. The summed E-state index contributed by atoms with van der Waals surface area (Å²) in [5.41, 5.74) is 5.67. The van der Waals surface area contributed by atoms with Crippen molar-refractivity contribution < 1.29 is 27.2 Å². The molecule has 0 bridgehead atoms. The molecule has 0 spiro atoms. The van der Waals surface area contributed by atoms with Crippen LogP contribution in [0.1, 0.15) is 12.0 Å². The van der Waals surface area contributed by atoms with E-state index in [9.17, 15) is 27.2 Å². The van der Waals surface area contributed by atoms with Crippen LogP contribution in [0, 0.1) is 17.7 Å². The second kappa shape index (κ2) is 7.02. The van der Waals surface area contributed by atoms with Gasteiger partial charge in [-0.25, -0.2) is 4.39 Å². The molecule has 0 unspecified atom stereocenters. The molecule has 2 rings (SSSR count). The van der Waals surface area contributed by atoms with Gasteiger partial charge in [0.15, 0.2) is 0 Å². The van der Waals surface area contributed by atoms with Crippen LogP contribution >= 0.6 is 0 Å². The van der Waals surface area contributed by atoms with E-state index in [1.807, 2.05) is 0 Å². The Labute approximate surface area is 135 Å². The van der Waals surface area contributed by atoms with Crippen molar-refractivity contribution >= 4 is 17.9 Å². The minimum Gasteiger partial charge on any atom is -0.369 e. The maximum Gasteiger partial charge on any atom is 0.394 e. The van der Waals surface area contributed by atoms with Gasteiger partial charge in [0, 0.05) is 19.5 Å². The number of rotatable bonds is 4. The lowest BCUT2D eigenvalue weighted by molar-refractivity contribution is -0.182. The number of hydrogen-bond donors (Lipinski definition) is 1. The molecule has 130 valence electrons. The number of likely N-dealkylation sites (tertiary alicyclic amines) is 1. The number of benzene rings is 1. The average molecular weight is 344 g/mol. The van der Waals surface area contributed by atoms with Gasteiger partial charge in [-0.15, -0.1) is 0 Å². The van der Waals surface area contributed by atoms with E-state index < -0.39 is 42.2 Å². The van der Waals surface area contributed by atoms with E-state index in [1.165, 1.54) is 30.3 Å². The first kappa shape index (κ1) is 18.0. The standard InChI is InChI=1S/C16H16F4N2O2/c17-11-6-4-10(5-7-11)2-1-3-14(23)22-8-12(15(21)24)13(9-22)16(18,19)20/h1-2,4-7,12-13H,3,8-9H2,(H2,21,24)/b2-1+/t12-,13-/m1/s1. The predicted octanol–water partition coefficient (Wildman–Crippen LogP) is 2.35. The third-order valence-corrected chi connectivity index (χ3v) is 3.93. The predicted molar refractivity (Wildman–Crippen MR) is 78.9 cm³/mol. The average Bonchev–Trinajstić information content (AvgIpc) is 2.95. The zero-order chi connectivity index (χ0) is 17.9. The maximum absolute atomic E-state index is 12.9. The lowest BCUT2D eigenvalue weighted by Gasteiger charge is -2.18. The third kappa shape index (κ3) is 4.33. The highest BCUT2D eigenvalue weighted by atomic mass is 19.4. The van der Waals surface area contributed by atoms with Gasteiger partial charge in [-0.05, 0) is 17.7 Å². The first-order valence-corrected chi connectivity index (χ1v) is 7.24. The molecule has 2 N–H and O–H groups in total. The van der Waals surface area contributed by atoms with Crippen molar-refractivity contribution in [3.05, 3.63) is 41.7 Å². The third-order valence-electron chi connectivity index (χ3n) is 3.93. The second-order valence-electron chi connectivity index (χ2n) is 5.61. The number of halogens is 4. The van der Waals surface area contributed by atoms with Gasteiger partial charge in [-0.3, -0.25) is 9.59 Å². The summed E-state index contributed by atoms with van der Waals surface area (Å²) in [6.45, 7) is -0.900. The molecular formula is C16H16F4N2O2. The highest BCUT2D eigenvalue weighted by Gasteiger charge is 2.52. The number of hydrogen-bond acceptors (Lipinski definition) is 2. The summed E-state index contributed by atoms with van der Waals surface area (Å²) in [4.78, 5) is 24.2. The minimum absolute atomic E-state index is 0.118. The number of nitrogens with two attached hydrogens (primary N) is 1. The minimum atomic E-state index is -4.58. The fourth-order valence-electron chi connectivity index (χ4n) is 2.63. The van der Waals surface area contributed by atoms with E-state index in [2.05, 4.69) is 0 Å². The van der Waals surface area contributed by atoms with E-state index >= 15 is 0 Å². The topological polar surface area (TPSA) is 63.4 Å². The van der Waals surface area contributed by atoms with Crippen LogP contribution in [0.15, 0.2) is 30.3 Å². The van der Waals surface area contributed by atoms with Gasteiger partial charge in [0.1, 0.15) is 5.82 Å². The molecule has 0 saturated carbocycles. The van der Waals surface area contributed by atoms with Crippen LogP contribution in [-0.4, -0.2) is 36.0 Å². The van der Waals surface area contributed by atoms with Gasteiger partial charge in [0.25, 0.3) is 0 Å². The van der Waals surface area contributed by atoms with Crippen molar-refractivity contribution in [3.8, 4) is 0 Å². The largest absolute Gasteiger partial charge is 0.394 e. The number of alkyl halides is 3. The first-order valence-electron chi connectivity index (χ1n) is 7.24. The molecule has 0 radical (unpaired) electrons. The van der Waals surface area contributed by atoms with Gasteiger partial charge in [0.05, 0.1) is 11.8 Å². The quantitative estimate of drug-likeness (QED) is 0.852. The van der Waals surface area contributed by atoms with E-state index in [1.54, 1.807) is 6.08 Å². The van der Waals surface area contributed by atoms with Gasteiger partial charge in [-0.1, -0.05) is 24.3 Å². The van der Waals surface area contributed by atoms with Crippen molar-refractivity contribution in [1.82, 2.24) is 4.90 Å². The Morgan fingerprint density at radius 1 is 1.21 bits per heavy atom. The monoisotopic (exact) mass is 344 g/mol. The van der Waals surface area contributed by atoms with Crippen LogP contribution in [-0.2, 0) is 9.59 Å². The Hall–Kier alpha value is -2.38. The van der Waals surface area contributed by atoms with Crippen molar-refractivity contribution in [1.29, 1.82) is 0 Å². The van der Waals surface area contributed by atoms with Crippen LogP contribution in [0.3, 0.4) is 0 Å². The second-order valence-corrected chi connectivity index (χ2v) is 5.61. The number of carbonyl (C=O) groups excluding carboxylic acids is 2. The molecular weight excluding hydrogens is 328 g/mol. The number of amides is 2. The molecule has 0 aromatic heterocycles. The molecule has 1 aromatic carbocycles. The van der Waals surface area contributed by atoms with Gasteiger partial charge < -0.3 is 10.6 Å². The molecule has 2 atom stereocenters. The van der Waals surface area contributed by atoms with Crippen LogP contribution in [0.4, 0.5) is 17.6 Å². The van der Waals surface area contributed by atoms with Gasteiger partial charge in [0.2, 0.25) is 11.8 Å². The number of primary amides is 1. The Kier molecular flexibility index (Phi) is 5.26. The fraction of sp³-hybridized carbons (Fsp3) is 0.375. The summed E-state index contributed by atoms with van der Waals surface area (Å²) in [5.74, 6) is -5.33. The molecule has 2 amide bonds. The maximum atomic E-state index is 12.9. The highest BCUT2D eigenvalue weighted by Crippen LogP contribution is 2.37. The molecule has 8 heteroatoms. The van der Waals surface area contributed by atoms with Gasteiger partial charge in [-0.2, -0.15) is 13.2 Å². The van der Waals surface area contributed by atoms with Crippen LogP contribution in [0.2, 0.25) is 0 Å². The van der Waals surface area contributed by atoms with Crippen LogP contribution in [0.5, 0.6) is 0 Å². The molecule has 1 fully saturated rings. The Morgan fingerprint density at radius 3 is 2.33 bits per heavy atom. The normalized spacial score (nSPS) is 21.4. The van der Waals surface area contributed by atoms with Crippen molar-refractivity contribution in [3.63, 3.8) is 0 Å². The van der Waals surface area contributed by atoms with Crippen LogP contribution < -0.4 is 5.73 Å². The Bertz CT molecular complexity index is 640. The van der Waals surface area contributed by atoms with E-state index in [0.717, 1.165) is 4.90 Å². The van der Waals surface area contributed by atoms with Crippen LogP contribution in [0.25, 0.3) is 6.08 Å². The molecule has 1 saturated heterocycles. The fourth-order valence-corrected chi connectivity index (χ4v) is 2.63. The summed E-state index contributed by atoms with van der Waals surface area (Å²) in [6.07, 6.45) is -1.65. The smallest absolute Gasteiger partial charge is 0.369 e. The molecule has 1 aliphatic rings. The van der Waals surface area contributed by atoms with Crippen molar-refractivity contribution in [2.75, 3.05) is 13.1 Å². The number of nitrogens with zero attached hydrogens (tertiary/aromatic N) is 1. The molecule has 4 nitrogen and oxygen atoms in total. The number of carbonyl (C=O) groups is 2. The summed E-state index contributed by atoms with van der Waals surface area (Å²) < 4.78 is 51.5. The molecule has 1 heterocycles.